The maximum Gasteiger partial charge on any atom is 0.252 e. The Hall–Kier alpha value is -1.48. The van der Waals surface area contributed by atoms with Crippen LogP contribution in [0, 0.1) is 5.41 Å². The van der Waals surface area contributed by atoms with Crippen LogP contribution in [0.4, 0.5) is 0 Å². The standard InChI is InChI=1S/C19H34N2O6/c1-19(2,3)10-9-13(22)15(26-4)14(23)16(27-5)18(25)21-12-8-6-7-11-20-17(12)24/h9-10,12-16,22-23H,6-8,11H2,1-5H3,(H,20,24)(H,21,25)/b10-9+/t12-,13+,14+,15-,16+/m0/s1. The van der Waals surface area contributed by atoms with Gasteiger partial charge in [-0.15, -0.1) is 0 Å². The fraction of sp³-hybridized carbons (Fsp3) is 0.789. The van der Waals surface area contributed by atoms with Crippen LogP contribution in [0.1, 0.15) is 40.0 Å². The van der Waals surface area contributed by atoms with Gasteiger partial charge in [0.1, 0.15) is 24.4 Å². The molecule has 27 heavy (non-hydrogen) atoms. The molecule has 0 aromatic heterocycles. The van der Waals surface area contributed by atoms with Crippen molar-refractivity contribution in [3.05, 3.63) is 12.2 Å². The lowest BCUT2D eigenvalue weighted by Crippen LogP contribution is -2.55. The van der Waals surface area contributed by atoms with E-state index in [1.54, 1.807) is 6.08 Å². The van der Waals surface area contributed by atoms with Gasteiger partial charge in [-0.3, -0.25) is 9.59 Å². The molecule has 0 spiro atoms. The number of aliphatic hydroxyl groups excluding tert-OH is 2. The lowest BCUT2D eigenvalue weighted by molar-refractivity contribution is -0.153. The quantitative estimate of drug-likeness (QED) is 0.441. The van der Waals surface area contributed by atoms with Crippen molar-refractivity contribution in [1.29, 1.82) is 0 Å². The highest BCUT2D eigenvalue weighted by Gasteiger charge is 2.38. The topological polar surface area (TPSA) is 117 Å². The first-order chi connectivity index (χ1) is 12.6. The molecule has 0 aromatic rings. The number of carbonyl (C=O) groups excluding carboxylic acids is 2. The van der Waals surface area contributed by atoms with E-state index in [9.17, 15) is 19.8 Å². The highest BCUT2D eigenvalue weighted by atomic mass is 16.5. The zero-order valence-corrected chi connectivity index (χ0v) is 16.9. The van der Waals surface area contributed by atoms with Crippen LogP contribution in [-0.2, 0) is 19.1 Å². The van der Waals surface area contributed by atoms with Gasteiger partial charge in [-0.1, -0.05) is 32.9 Å². The number of amides is 2. The molecular weight excluding hydrogens is 352 g/mol. The normalized spacial score (nSPS) is 23.2. The maximum absolute atomic E-state index is 12.6. The van der Waals surface area contributed by atoms with Crippen molar-refractivity contribution < 1.29 is 29.3 Å². The van der Waals surface area contributed by atoms with Crippen LogP contribution in [0.15, 0.2) is 12.2 Å². The molecule has 1 aliphatic rings. The highest BCUT2D eigenvalue weighted by Crippen LogP contribution is 2.18. The molecule has 8 heteroatoms. The summed E-state index contributed by atoms with van der Waals surface area (Å²) in [6, 6.07) is -0.670. The van der Waals surface area contributed by atoms with E-state index in [4.69, 9.17) is 9.47 Å². The molecule has 2 amide bonds. The number of aliphatic hydroxyl groups is 2. The zero-order chi connectivity index (χ0) is 20.6. The molecule has 156 valence electrons. The van der Waals surface area contributed by atoms with Gasteiger partial charge in [-0.05, 0) is 24.7 Å². The fourth-order valence-corrected chi connectivity index (χ4v) is 2.88. The first-order valence-electron chi connectivity index (χ1n) is 9.30. The minimum atomic E-state index is -1.42. The van der Waals surface area contributed by atoms with E-state index in [-0.39, 0.29) is 11.3 Å². The largest absolute Gasteiger partial charge is 0.387 e. The molecule has 0 aliphatic carbocycles. The lowest BCUT2D eigenvalue weighted by Gasteiger charge is -2.30. The Morgan fingerprint density at radius 2 is 1.93 bits per heavy atom. The summed E-state index contributed by atoms with van der Waals surface area (Å²) in [6.45, 7) is 6.49. The Balaban J connectivity index is 2.82. The van der Waals surface area contributed by atoms with Crippen LogP contribution in [-0.4, -0.2) is 73.2 Å². The van der Waals surface area contributed by atoms with Crippen molar-refractivity contribution in [2.24, 2.45) is 5.41 Å². The van der Waals surface area contributed by atoms with Crippen LogP contribution in [0.3, 0.4) is 0 Å². The Morgan fingerprint density at radius 1 is 1.26 bits per heavy atom. The average molecular weight is 386 g/mol. The molecule has 8 nitrogen and oxygen atoms in total. The minimum absolute atomic E-state index is 0.158. The first kappa shape index (κ1) is 23.6. The second-order valence-electron chi connectivity index (χ2n) is 7.91. The van der Waals surface area contributed by atoms with Crippen LogP contribution in [0.5, 0.6) is 0 Å². The van der Waals surface area contributed by atoms with Crippen molar-refractivity contribution in [2.75, 3.05) is 20.8 Å². The van der Waals surface area contributed by atoms with Crippen LogP contribution >= 0.6 is 0 Å². The third kappa shape index (κ3) is 7.57. The molecule has 0 saturated carbocycles. The van der Waals surface area contributed by atoms with E-state index in [1.807, 2.05) is 20.8 Å². The Labute approximate surface area is 161 Å². The van der Waals surface area contributed by atoms with Gasteiger partial charge in [0, 0.05) is 20.8 Å². The van der Waals surface area contributed by atoms with E-state index in [0.717, 1.165) is 12.8 Å². The fourth-order valence-electron chi connectivity index (χ4n) is 2.88. The van der Waals surface area contributed by atoms with Gasteiger partial charge >= 0.3 is 0 Å². The number of hydrogen-bond acceptors (Lipinski definition) is 6. The van der Waals surface area contributed by atoms with E-state index < -0.39 is 36.4 Å². The van der Waals surface area contributed by atoms with Crippen molar-refractivity contribution in [2.45, 2.75) is 70.5 Å². The number of allylic oxidation sites excluding steroid dienone is 1. The summed E-state index contributed by atoms with van der Waals surface area (Å²) in [5, 5.41) is 26.3. The van der Waals surface area contributed by atoms with Gasteiger partial charge in [0.05, 0.1) is 0 Å². The molecule has 4 N–H and O–H groups in total. The molecule has 1 aliphatic heterocycles. The first-order valence-corrected chi connectivity index (χ1v) is 9.30. The molecule has 1 rings (SSSR count). The predicted octanol–water partition coefficient (Wildman–Crippen LogP) is 0.125. The van der Waals surface area contributed by atoms with Crippen LogP contribution in [0.25, 0.3) is 0 Å². The van der Waals surface area contributed by atoms with Gasteiger partial charge in [0.25, 0.3) is 5.91 Å². The number of ether oxygens (including phenoxy) is 2. The van der Waals surface area contributed by atoms with Gasteiger partial charge < -0.3 is 30.3 Å². The van der Waals surface area contributed by atoms with Gasteiger partial charge in [0.2, 0.25) is 5.91 Å². The molecule has 0 bridgehead atoms. The summed E-state index contributed by atoms with van der Waals surface area (Å²) in [5.41, 5.74) is -0.158. The Kier molecular flexibility index (Phi) is 9.38. The number of carbonyl (C=O) groups is 2. The summed E-state index contributed by atoms with van der Waals surface area (Å²) < 4.78 is 10.4. The Bertz CT molecular complexity index is 517. The van der Waals surface area contributed by atoms with E-state index in [0.29, 0.717) is 13.0 Å². The van der Waals surface area contributed by atoms with E-state index in [2.05, 4.69) is 10.6 Å². The molecule has 5 atom stereocenters. The molecular formula is C19H34N2O6. The van der Waals surface area contributed by atoms with Crippen LogP contribution in [0.2, 0.25) is 0 Å². The number of hydrogen-bond donors (Lipinski definition) is 4. The molecule has 1 saturated heterocycles. The van der Waals surface area contributed by atoms with Gasteiger partial charge in [-0.2, -0.15) is 0 Å². The monoisotopic (exact) mass is 386 g/mol. The van der Waals surface area contributed by atoms with E-state index in [1.165, 1.54) is 20.3 Å². The van der Waals surface area contributed by atoms with Crippen molar-refractivity contribution in [1.82, 2.24) is 10.6 Å². The predicted molar refractivity (Wildman–Crippen MR) is 101 cm³/mol. The molecule has 0 aromatic carbocycles. The molecule has 0 radical (unpaired) electrons. The molecule has 0 unspecified atom stereocenters. The smallest absolute Gasteiger partial charge is 0.252 e. The third-order valence-electron chi connectivity index (χ3n) is 4.41. The number of rotatable bonds is 8. The lowest BCUT2D eigenvalue weighted by atomic mass is 9.93. The minimum Gasteiger partial charge on any atom is -0.387 e. The summed E-state index contributed by atoms with van der Waals surface area (Å²) in [7, 11) is 2.62. The summed E-state index contributed by atoms with van der Waals surface area (Å²) in [4.78, 5) is 24.6. The second kappa shape index (κ2) is 10.8. The molecule has 1 fully saturated rings. The van der Waals surface area contributed by atoms with Crippen molar-refractivity contribution >= 4 is 11.8 Å². The number of nitrogens with one attached hydrogen (secondary N) is 2. The van der Waals surface area contributed by atoms with Crippen molar-refractivity contribution in [3.8, 4) is 0 Å². The van der Waals surface area contributed by atoms with Gasteiger partial charge in [-0.25, -0.2) is 0 Å². The summed E-state index contributed by atoms with van der Waals surface area (Å²) in [6.07, 6.45) is 0.604. The van der Waals surface area contributed by atoms with Gasteiger partial charge in [0.15, 0.2) is 6.10 Å². The Morgan fingerprint density at radius 3 is 2.48 bits per heavy atom. The van der Waals surface area contributed by atoms with Crippen LogP contribution < -0.4 is 10.6 Å². The summed E-state index contributed by atoms with van der Waals surface area (Å²) in [5.74, 6) is -0.872. The number of methoxy groups -OCH3 is 2. The average Bonchev–Trinajstić information content (AvgIpc) is 2.78. The SMILES string of the molecule is CO[C@H]([C@@H](O)[C@@H](OC)C(=O)N[C@H]1CCCCNC1=O)[C@H](O)/C=C/C(C)(C)C. The third-order valence-corrected chi connectivity index (χ3v) is 4.41. The highest BCUT2D eigenvalue weighted by molar-refractivity contribution is 5.89. The maximum atomic E-state index is 12.6. The summed E-state index contributed by atoms with van der Waals surface area (Å²) >= 11 is 0. The molecule has 1 heterocycles. The second-order valence-corrected chi connectivity index (χ2v) is 7.91. The zero-order valence-electron chi connectivity index (χ0n) is 16.9. The van der Waals surface area contributed by atoms with E-state index >= 15 is 0 Å². The van der Waals surface area contributed by atoms with Crippen molar-refractivity contribution in [3.63, 3.8) is 0 Å².